The van der Waals surface area contributed by atoms with Crippen LogP contribution in [-0.2, 0) is 0 Å². The van der Waals surface area contributed by atoms with Gasteiger partial charge in [0.15, 0.2) is 0 Å². The van der Waals surface area contributed by atoms with Gasteiger partial charge in [-0.3, -0.25) is 0 Å². The van der Waals surface area contributed by atoms with Gasteiger partial charge in [-0.1, -0.05) is 0 Å². The Balaban J connectivity index is 0. The van der Waals surface area contributed by atoms with E-state index in [0.717, 1.165) is 0 Å². The van der Waals surface area contributed by atoms with Gasteiger partial charge in [-0.15, -0.1) is 0 Å². The molecule has 4 heavy (non-hydrogen) atoms. The predicted octanol–water partition coefficient (Wildman–Crippen LogP) is -3.48. The molecule has 0 atom stereocenters. The summed E-state index contributed by atoms with van der Waals surface area (Å²) in [6.45, 7) is 0. The Morgan fingerprint density at radius 2 is 0.750 bits per heavy atom. The molecule has 0 saturated carbocycles. The van der Waals surface area contributed by atoms with Crippen LogP contribution in [0.1, 0.15) is 0 Å². The SMILES string of the molecule is B.O.O.[NaH]. The average molecular weight is 73.9 g/mol. The molecule has 0 spiro atoms. The molecule has 0 radical (unpaired) electrons. The fraction of sp³-hybridized carbons (Fsp3) is 0. The van der Waals surface area contributed by atoms with Crippen molar-refractivity contribution in [2.24, 2.45) is 0 Å². The molecule has 24 valence electrons. The molecule has 0 heterocycles. The molecule has 4 N–H and O–H groups in total. The van der Waals surface area contributed by atoms with Crippen molar-refractivity contribution in [3.8, 4) is 0 Å². The first-order valence-electron chi connectivity index (χ1n) is 0. The molecule has 2 nitrogen and oxygen atoms in total. The van der Waals surface area contributed by atoms with E-state index in [9.17, 15) is 0 Å². The Labute approximate surface area is 49.1 Å². The Morgan fingerprint density at radius 1 is 0.750 bits per heavy atom. The maximum absolute atomic E-state index is 0. The van der Waals surface area contributed by atoms with Crippen LogP contribution in [0.3, 0.4) is 0 Å². The van der Waals surface area contributed by atoms with Gasteiger partial charge < -0.3 is 11.0 Å². The second-order valence-electron chi connectivity index (χ2n) is 0. The zero-order valence-corrected chi connectivity index (χ0v) is 1.00. The standard InChI is InChI=1S/BH3.Na.2H2O.H/h1H3;;2*1H2;. The van der Waals surface area contributed by atoms with Gasteiger partial charge in [-0.05, 0) is 0 Å². The molecule has 0 aromatic heterocycles. The van der Waals surface area contributed by atoms with Crippen molar-refractivity contribution in [2.75, 3.05) is 0 Å². The van der Waals surface area contributed by atoms with Gasteiger partial charge in [0.25, 0.3) is 0 Å². The van der Waals surface area contributed by atoms with Gasteiger partial charge in [-0.2, -0.15) is 0 Å². The minimum absolute atomic E-state index is 0. The molecule has 0 aliphatic rings. The van der Waals surface area contributed by atoms with E-state index in [4.69, 9.17) is 0 Å². The number of hydrogen-bond acceptors (Lipinski definition) is 0. The molecule has 0 rings (SSSR count). The predicted molar refractivity (Wildman–Crippen MR) is 24.3 cm³/mol. The van der Waals surface area contributed by atoms with E-state index in [-0.39, 0.29) is 48.9 Å². The van der Waals surface area contributed by atoms with Crippen LogP contribution in [0.2, 0.25) is 0 Å². The Hall–Kier alpha value is 0.985. The molecule has 0 fully saturated rings. The summed E-state index contributed by atoms with van der Waals surface area (Å²) in [7, 11) is 0. The minimum atomic E-state index is 0. The van der Waals surface area contributed by atoms with Gasteiger partial charge in [0.2, 0.25) is 0 Å². The van der Waals surface area contributed by atoms with E-state index in [1.165, 1.54) is 0 Å². The summed E-state index contributed by atoms with van der Waals surface area (Å²) in [6.07, 6.45) is 0. The van der Waals surface area contributed by atoms with E-state index in [2.05, 4.69) is 0 Å². The summed E-state index contributed by atoms with van der Waals surface area (Å²) in [5.74, 6) is 0. The van der Waals surface area contributed by atoms with Crippen molar-refractivity contribution in [3.63, 3.8) is 0 Å². The average Bonchev–Trinajstić information content (AvgIpc) is 0. The van der Waals surface area contributed by atoms with Crippen LogP contribution in [0, 0.1) is 0 Å². The summed E-state index contributed by atoms with van der Waals surface area (Å²) in [4.78, 5) is 0. The molecule has 0 amide bonds. The van der Waals surface area contributed by atoms with Crippen LogP contribution in [0.5, 0.6) is 0 Å². The molecule has 4 heteroatoms. The number of hydrogen-bond donors (Lipinski definition) is 0. The first-order chi connectivity index (χ1) is 0. The monoisotopic (exact) mass is 74.1 g/mol. The fourth-order valence-corrected chi connectivity index (χ4v) is 0. The molecular weight excluding hydrogens is 65.8 g/mol. The maximum atomic E-state index is 0. The zero-order chi connectivity index (χ0) is 0. The summed E-state index contributed by atoms with van der Waals surface area (Å²) in [5.41, 5.74) is 0. The molecule has 0 aliphatic heterocycles. The van der Waals surface area contributed by atoms with Crippen molar-refractivity contribution in [1.82, 2.24) is 0 Å². The third-order valence-corrected chi connectivity index (χ3v) is 0. The third-order valence-electron chi connectivity index (χ3n) is 0. The molecule has 0 unspecified atom stereocenters. The van der Waals surface area contributed by atoms with Gasteiger partial charge in [0.1, 0.15) is 0 Å². The molecular formula is H8BNaO2. The van der Waals surface area contributed by atoms with Crippen molar-refractivity contribution >= 4 is 38.0 Å². The molecule has 0 saturated heterocycles. The van der Waals surface area contributed by atoms with E-state index in [1.807, 2.05) is 0 Å². The zero-order valence-electron chi connectivity index (χ0n) is 1.00. The summed E-state index contributed by atoms with van der Waals surface area (Å²) < 4.78 is 0. The summed E-state index contributed by atoms with van der Waals surface area (Å²) in [6, 6.07) is 0. The Morgan fingerprint density at radius 3 is 0.750 bits per heavy atom. The second-order valence-corrected chi connectivity index (χ2v) is 0. The summed E-state index contributed by atoms with van der Waals surface area (Å²) >= 11 is 0. The Kier molecular flexibility index (Phi) is 747. The van der Waals surface area contributed by atoms with Crippen LogP contribution in [0.15, 0.2) is 0 Å². The van der Waals surface area contributed by atoms with Crippen LogP contribution in [-0.4, -0.2) is 48.9 Å². The second kappa shape index (κ2) is 36.6. The molecule has 0 aromatic carbocycles. The topological polar surface area (TPSA) is 63.0 Å². The van der Waals surface area contributed by atoms with E-state index < -0.39 is 0 Å². The first-order valence-corrected chi connectivity index (χ1v) is 0. The first kappa shape index (κ1) is 81.6. The van der Waals surface area contributed by atoms with Crippen molar-refractivity contribution < 1.29 is 11.0 Å². The molecule has 0 aromatic rings. The van der Waals surface area contributed by atoms with Gasteiger partial charge in [-0.25, -0.2) is 0 Å². The fourth-order valence-electron chi connectivity index (χ4n) is 0. The van der Waals surface area contributed by atoms with Crippen molar-refractivity contribution in [2.45, 2.75) is 0 Å². The Bertz CT molecular complexity index is 6.00. The molecule has 0 bridgehead atoms. The van der Waals surface area contributed by atoms with Gasteiger partial charge in [0, 0.05) is 0 Å². The van der Waals surface area contributed by atoms with Crippen LogP contribution in [0.4, 0.5) is 0 Å². The third kappa shape index (κ3) is 12.1. The van der Waals surface area contributed by atoms with Crippen molar-refractivity contribution in [3.05, 3.63) is 0 Å². The van der Waals surface area contributed by atoms with E-state index in [1.54, 1.807) is 0 Å². The van der Waals surface area contributed by atoms with E-state index >= 15 is 0 Å². The van der Waals surface area contributed by atoms with Crippen molar-refractivity contribution in [1.29, 1.82) is 0 Å². The summed E-state index contributed by atoms with van der Waals surface area (Å²) in [5, 5.41) is 0. The van der Waals surface area contributed by atoms with E-state index in [0.29, 0.717) is 0 Å². The number of rotatable bonds is 0. The van der Waals surface area contributed by atoms with Crippen LogP contribution < -0.4 is 0 Å². The van der Waals surface area contributed by atoms with Gasteiger partial charge >= 0.3 is 29.6 Å². The molecule has 0 aliphatic carbocycles. The van der Waals surface area contributed by atoms with Crippen LogP contribution >= 0.6 is 0 Å². The van der Waals surface area contributed by atoms with Crippen LogP contribution in [0.25, 0.3) is 0 Å². The normalized spacial score (nSPS) is 0. The quantitative estimate of drug-likeness (QED) is 0.268. The van der Waals surface area contributed by atoms with Gasteiger partial charge in [0.05, 0.1) is 8.41 Å².